The number of hydrogen-bond acceptors (Lipinski definition) is 2. The molecule has 1 heterocycles. The molecule has 120 valence electrons. The molecule has 0 saturated carbocycles. The topological polar surface area (TPSA) is 40.6 Å². The van der Waals surface area contributed by atoms with E-state index in [4.69, 9.17) is 0 Å². The van der Waals surface area contributed by atoms with Crippen LogP contribution < -0.4 is 0 Å². The van der Waals surface area contributed by atoms with E-state index in [1.54, 1.807) is 4.90 Å². The maximum absolute atomic E-state index is 13.0. The van der Waals surface area contributed by atoms with Crippen LogP contribution >= 0.6 is 0 Å². The summed E-state index contributed by atoms with van der Waals surface area (Å²) in [5.74, 6) is 0.304. The molecule has 0 aromatic heterocycles. The maximum atomic E-state index is 13.0. The molecule has 4 nitrogen and oxygen atoms in total. The van der Waals surface area contributed by atoms with Crippen LogP contribution in [0.4, 0.5) is 0 Å². The fourth-order valence-electron chi connectivity index (χ4n) is 3.08. The minimum Gasteiger partial charge on any atom is -0.337 e. The van der Waals surface area contributed by atoms with E-state index in [0.29, 0.717) is 26.1 Å². The lowest BCUT2D eigenvalue weighted by Crippen LogP contribution is -2.51. The summed E-state index contributed by atoms with van der Waals surface area (Å²) in [5.41, 5.74) is 1.12. The largest absolute Gasteiger partial charge is 0.337 e. The molecule has 1 aliphatic rings. The number of rotatable bonds is 6. The quantitative estimate of drug-likeness (QED) is 0.810. The van der Waals surface area contributed by atoms with Gasteiger partial charge in [0.25, 0.3) is 0 Å². The molecule has 2 rings (SSSR count). The molecule has 1 fully saturated rings. The van der Waals surface area contributed by atoms with Crippen LogP contribution in [-0.2, 0) is 16.1 Å². The highest BCUT2D eigenvalue weighted by molar-refractivity contribution is 5.88. The van der Waals surface area contributed by atoms with Gasteiger partial charge in [-0.25, -0.2) is 0 Å². The lowest BCUT2D eigenvalue weighted by molar-refractivity contribution is -0.145. The molecule has 0 radical (unpaired) electrons. The van der Waals surface area contributed by atoms with Crippen LogP contribution in [0.2, 0.25) is 0 Å². The van der Waals surface area contributed by atoms with Crippen LogP contribution in [0.25, 0.3) is 0 Å². The third-order valence-electron chi connectivity index (χ3n) is 4.24. The number of benzene rings is 1. The molecule has 0 bridgehead atoms. The third-order valence-corrected chi connectivity index (χ3v) is 4.24. The smallest absolute Gasteiger partial charge is 0.245 e. The van der Waals surface area contributed by atoms with Gasteiger partial charge in [0.05, 0.1) is 0 Å². The van der Waals surface area contributed by atoms with Gasteiger partial charge < -0.3 is 9.80 Å². The summed E-state index contributed by atoms with van der Waals surface area (Å²) in [6.45, 7) is 7.98. The van der Waals surface area contributed by atoms with E-state index in [1.807, 2.05) is 56.0 Å². The Morgan fingerprint density at radius 2 is 1.95 bits per heavy atom. The molecule has 0 N–H and O–H groups in total. The van der Waals surface area contributed by atoms with Crippen molar-refractivity contribution < 1.29 is 9.59 Å². The summed E-state index contributed by atoms with van der Waals surface area (Å²) >= 11 is 0. The summed E-state index contributed by atoms with van der Waals surface area (Å²) in [7, 11) is 0. The molecule has 0 spiro atoms. The van der Waals surface area contributed by atoms with Gasteiger partial charge in [-0.2, -0.15) is 0 Å². The number of likely N-dealkylation sites (N-methyl/N-ethyl adjacent to an activating group) is 1. The van der Waals surface area contributed by atoms with Crippen LogP contribution in [0.1, 0.15) is 39.2 Å². The lowest BCUT2D eigenvalue weighted by atomic mass is 10.0. The molecule has 0 unspecified atom stereocenters. The maximum Gasteiger partial charge on any atom is 0.245 e. The van der Waals surface area contributed by atoms with Gasteiger partial charge in [0, 0.05) is 26.1 Å². The zero-order valence-corrected chi connectivity index (χ0v) is 13.8. The average molecular weight is 302 g/mol. The fraction of sp³-hybridized carbons (Fsp3) is 0.556. The predicted molar refractivity (Wildman–Crippen MR) is 87.1 cm³/mol. The number of carbonyl (C=O) groups is 2. The van der Waals surface area contributed by atoms with Crippen LogP contribution in [0.3, 0.4) is 0 Å². The summed E-state index contributed by atoms with van der Waals surface area (Å²) in [6, 6.07) is 9.66. The summed E-state index contributed by atoms with van der Waals surface area (Å²) < 4.78 is 0. The van der Waals surface area contributed by atoms with Gasteiger partial charge in [0.15, 0.2) is 0 Å². The highest BCUT2D eigenvalue weighted by atomic mass is 16.2. The Bertz CT molecular complexity index is 513. The minimum absolute atomic E-state index is 0.0663. The highest BCUT2D eigenvalue weighted by Gasteiger charge is 2.36. The van der Waals surface area contributed by atoms with Crippen LogP contribution in [-0.4, -0.2) is 40.7 Å². The van der Waals surface area contributed by atoms with Crippen molar-refractivity contribution in [3.05, 3.63) is 35.9 Å². The number of amides is 2. The van der Waals surface area contributed by atoms with Crippen molar-refractivity contribution in [2.45, 2.75) is 46.2 Å². The van der Waals surface area contributed by atoms with E-state index in [9.17, 15) is 9.59 Å². The molecular formula is C18H26N2O2. The van der Waals surface area contributed by atoms with Gasteiger partial charge >= 0.3 is 0 Å². The fourth-order valence-corrected chi connectivity index (χ4v) is 3.08. The molecule has 1 atom stereocenters. The van der Waals surface area contributed by atoms with Crippen molar-refractivity contribution in [2.75, 3.05) is 13.1 Å². The summed E-state index contributed by atoms with van der Waals surface area (Å²) in [4.78, 5) is 28.7. The first-order valence-electron chi connectivity index (χ1n) is 8.16. The Kier molecular flexibility index (Phi) is 5.58. The first kappa shape index (κ1) is 16.5. The third kappa shape index (κ3) is 3.67. The van der Waals surface area contributed by atoms with Crippen molar-refractivity contribution in [3.8, 4) is 0 Å². The number of hydrogen-bond donors (Lipinski definition) is 0. The normalized spacial score (nSPS) is 16.2. The Balaban J connectivity index is 2.15. The number of nitrogens with zero attached hydrogens (tertiary/aromatic N) is 2. The van der Waals surface area contributed by atoms with Crippen molar-refractivity contribution in [1.29, 1.82) is 0 Å². The Morgan fingerprint density at radius 1 is 1.27 bits per heavy atom. The van der Waals surface area contributed by atoms with Crippen molar-refractivity contribution in [3.63, 3.8) is 0 Å². The Hall–Kier alpha value is -1.84. The zero-order valence-electron chi connectivity index (χ0n) is 13.8. The summed E-state index contributed by atoms with van der Waals surface area (Å²) in [6.07, 6.45) is 1.43. The van der Waals surface area contributed by atoms with Gasteiger partial charge in [-0.1, -0.05) is 44.2 Å². The van der Waals surface area contributed by atoms with Gasteiger partial charge in [0.2, 0.25) is 11.8 Å². The van der Waals surface area contributed by atoms with Gasteiger partial charge in [-0.05, 0) is 24.8 Å². The molecule has 1 aromatic carbocycles. The molecular weight excluding hydrogens is 276 g/mol. The van der Waals surface area contributed by atoms with Gasteiger partial charge in [-0.3, -0.25) is 9.59 Å². The second-order valence-corrected chi connectivity index (χ2v) is 6.22. The van der Waals surface area contributed by atoms with E-state index in [-0.39, 0.29) is 23.8 Å². The first-order chi connectivity index (χ1) is 10.5. The van der Waals surface area contributed by atoms with E-state index >= 15 is 0 Å². The predicted octanol–water partition coefficient (Wildman–Crippen LogP) is 2.68. The zero-order chi connectivity index (χ0) is 16.1. The van der Waals surface area contributed by atoms with Gasteiger partial charge in [-0.15, -0.1) is 0 Å². The van der Waals surface area contributed by atoms with Crippen LogP contribution in [0.15, 0.2) is 30.3 Å². The van der Waals surface area contributed by atoms with Crippen LogP contribution in [0, 0.1) is 5.92 Å². The molecule has 1 saturated heterocycles. The Morgan fingerprint density at radius 3 is 2.45 bits per heavy atom. The highest BCUT2D eigenvalue weighted by Crippen LogP contribution is 2.21. The minimum atomic E-state index is -0.335. The molecule has 4 heteroatoms. The molecule has 22 heavy (non-hydrogen) atoms. The SMILES string of the molecule is CCN(Cc1ccccc1)C(=O)[C@@H](C(C)C)N1CCCC1=O. The lowest BCUT2D eigenvalue weighted by Gasteiger charge is -2.34. The van der Waals surface area contributed by atoms with Gasteiger partial charge in [0.1, 0.15) is 6.04 Å². The summed E-state index contributed by atoms with van der Waals surface area (Å²) in [5, 5.41) is 0. The van der Waals surface area contributed by atoms with E-state index in [1.165, 1.54) is 0 Å². The molecule has 1 aliphatic heterocycles. The van der Waals surface area contributed by atoms with Crippen molar-refractivity contribution in [2.24, 2.45) is 5.92 Å². The first-order valence-corrected chi connectivity index (χ1v) is 8.16. The number of carbonyl (C=O) groups excluding carboxylic acids is 2. The monoisotopic (exact) mass is 302 g/mol. The van der Waals surface area contributed by atoms with Crippen LogP contribution in [0.5, 0.6) is 0 Å². The van der Waals surface area contributed by atoms with E-state index in [2.05, 4.69) is 0 Å². The number of likely N-dealkylation sites (tertiary alicyclic amines) is 1. The van der Waals surface area contributed by atoms with Crippen molar-refractivity contribution >= 4 is 11.8 Å². The molecule has 2 amide bonds. The Labute approximate surface area is 133 Å². The standard InChI is InChI=1S/C18H26N2O2/c1-4-19(13-15-9-6-5-7-10-15)18(22)17(14(2)3)20-12-8-11-16(20)21/h5-7,9-10,14,17H,4,8,11-13H2,1-3H3/t17-/m1/s1. The average Bonchev–Trinajstić information content (AvgIpc) is 2.91. The second-order valence-electron chi connectivity index (χ2n) is 6.22. The van der Waals surface area contributed by atoms with Crippen molar-refractivity contribution in [1.82, 2.24) is 9.80 Å². The van der Waals surface area contributed by atoms with E-state index in [0.717, 1.165) is 12.0 Å². The molecule has 1 aromatic rings. The molecule has 0 aliphatic carbocycles. The second kappa shape index (κ2) is 7.43. The van der Waals surface area contributed by atoms with E-state index < -0.39 is 0 Å².